The van der Waals surface area contributed by atoms with E-state index < -0.39 is 11.7 Å². The van der Waals surface area contributed by atoms with Crippen molar-refractivity contribution in [1.82, 2.24) is 9.78 Å². The summed E-state index contributed by atoms with van der Waals surface area (Å²) in [7, 11) is 0. The van der Waals surface area contributed by atoms with Gasteiger partial charge in [-0.15, -0.1) is 5.10 Å². The molecule has 1 aromatic carbocycles. The van der Waals surface area contributed by atoms with Crippen LogP contribution in [0.3, 0.4) is 0 Å². The molecule has 0 aliphatic rings. The van der Waals surface area contributed by atoms with E-state index in [1.165, 1.54) is 12.1 Å². The molecule has 8 heteroatoms. The lowest BCUT2D eigenvalue weighted by atomic mass is 10.2. The molecule has 0 radical (unpaired) electrons. The fraction of sp³-hybridized carbons (Fsp3) is 0.231. The summed E-state index contributed by atoms with van der Waals surface area (Å²) in [4.78, 5) is 0. The lowest BCUT2D eigenvalue weighted by molar-refractivity contribution is -0.137. The van der Waals surface area contributed by atoms with Gasteiger partial charge in [-0.05, 0) is 25.1 Å². The highest BCUT2D eigenvalue weighted by atomic mass is 19.4. The summed E-state index contributed by atoms with van der Waals surface area (Å²) in [6.07, 6.45) is -4.46. The fourth-order valence-electron chi connectivity index (χ4n) is 1.84. The van der Waals surface area contributed by atoms with E-state index in [-0.39, 0.29) is 22.9 Å². The van der Waals surface area contributed by atoms with Crippen molar-refractivity contribution in [1.29, 1.82) is 5.26 Å². The number of hydrogen-bond acceptors (Lipinski definition) is 4. The molecule has 0 saturated heterocycles. The summed E-state index contributed by atoms with van der Waals surface area (Å²) in [6, 6.07) is 6.48. The molecule has 0 bridgehead atoms. The van der Waals surface area contributed by atoms with Crippen LogP contribution in [0.25, 0.3) is 5.69 Å². The molecule has 0 spiro atoms. The molecule has 0 fully saturated rings. The smallest absolute Gasteiger partial charge is 0.382 e. The first-order valence-electron chi connectivity index (χ1n) is 6.08. The van der Waals surface area contributed by atoms with Crippen LogP contribution in [-0.4, -0.2) is 16.3 Å². The number of nitrogens with one attached hydrogen (secondary N) is 1. The van der Waals surface area contributed by atoms with Crippen molar-refractivity contribution < 1.29 is 13.2 Å². The molecule has 110 valence electrons. The monoisotopic (exact) mass is 295 g/mol. The summed E-state index contributed by atoms with van der Waals surface area (Å²) in [5.41, 5.74) is 5.23. The van der Waals surface area contributed by atoms with Gasteiger partial charge < -0.3 is 11.1 Å². The van der Waals surface area contributed by atoms with Crippen LogP contribution in [0, 0.1) is 11.3 Å². The second kappa shape index (κ2) is 5.36. The van der Waals surface area contributed by atoms with E-state index >= 15 is 0 Å². The highest BCUT2D eigenvalue weighted by Crippen LogP contribution is 2.31. The molecule has 1 heterocycles. The molecule has 3 N–H and O–H groups in total. The van der Waals surface area contributed by atoms with Crippen LogP contribution in [0.15, 0.2) is 24.3 Å². The zero-order valence-electron chi connectivity index (χ0n) is 11.1. The Hall–Kier alpha value is -2.69. The second-order valence-corrected chi connectivity index (χ2v) is 4.21. The average molecular weight is 295 g/mol. The lowest BCUT2D eigenvalue weighted by Crippen LogP contribution is -2.08. The van der Waals surface area contributed by atoms with Crippen LogP contribution in [0.5, 0.6) is 0 Å². The van der Waals surface area contributed by atoms with Gasteiger partial charge in [0, 0.05) is 6.54 Å². The third-order valence-electron chi connectivity index (χ3n) is 2.80. The number of alkyl halides is 3. The average Bonchev–Trinajstić information content (AvgIpc) is 2.75. The third-order valence-corrected chi connectivity index (χ3v) is 2.80. The maximum Gasteiger partial charge on any atom is 0.416 e. The van der Waals surface area contributed by atoms with Crippen molar-refractivity contribution in [2.45, 2.75) is 13.1 Å². The first kappa shape index (κ1) is 14.7. The van der Waals surface area contributed by atoms with Crippen LogP contribution in [0.1, 0.15) is 18.1 Å². The van der Waals surface area contributed by atoms with Gasteiger partial charge in [-0.2, -0.15) is 18.4 Å². The lowest BCUT2D eigenvalue weighted by Gasteiger charge is -2.09. The van der Waals surface area contributed by atoms with Gasteiger partial charge in [0.15, 0.2) is 5.82 Å². The van der Waals surface area contributed by atoms with Crippen LogP contribution < -0.4 is 11.1 Å². The maximum absolute atomic E-state index is 12.7. The fourth-order valence-corrected chi connectivity index (χ4v) is 1.84. The summed E-state index contributed by atoms with van der Waals surface area (Å²) in [5.74, 6) is 0.239. The predicted molar refractivity (Wildman–Crippen MR) is 71.9 cm³/mol. The minimum Gasteiger partial charge on any atom is -0.382 e. The number of rotatable bonds is 3. The van der Waals surface area contributed by atoms with Crippen molar-refractivity contribution in [2.24, 2.45) is 0 Å². The highest BCUT2D eigenvalue weighted by molar-refractivity contribution is 5.66. The van der Waals surface area contributed by atoms with E-state index in [2.05, 4.69) is 10.4 Å². The van der Waals surface area contributed by atoms with E-state index in [1.807, 2.05) is 6.07 Å². The van der Waals surface area contributed by atoms with E-state index in [9.17, 15) is 13.2 Å². The van der Waals surface area contributed by atoms with Gasteiger partial charge in [-0.3, -0.25) is 0 Å². The first-order chi connectivity index (χ1) is 9.88. The molecule has 1 aromatic heterocycles. The third kappa shape index (κ3) is 2.76. The molecule has 2 aromatic rings. The molecule has 0 saturated carbocycles. The van der Waals surface area contributed by atoms with E-state index in [1.54, 1.807) is 6.92 Å². The molecule has 5 nitrogen and oxygen atoms in total. The standard InChI is InChI=1S/C13H12F3N5/c1-2-19-12-10(7-17)11(18)21(20-12)9-5-3-4-8(6-9)13(14,15)16/h3-6H,2,18H2,1H3,(H,19,20). The Morgan fingerprint density at radius 1 is 1.43 bits per heavy atom. The van der Waals surface area contributed by atoms with Gasteiger partial charge in [0.05, 0.1) is 11.3 Å². The topological polar surface area (TPSA) is 79.7 Å². The minimum atomic E-state index is -4.46. The number of aromatic nitrogens is 2. The van der Waals surface area contributed by atoms with Crippen LogP contribution in [0.4, 0.5) is 24.8 Å². The van der Waals surface area contributed by atoms with Gasteiger partial charge in [0.1, 0.15) is 17.5 Å². The van der Waals surface area contributed by atoms with Crippen molar-refractivity contribution in [3.63, 3.8) is 0 Å². The number of anilines is 2. The molecule has 0 unspecified atom stereocenters. The van der Waals surface area contributed by atoms with Gasteiger partial charge in [-0.25, -0.2) is 4.68 Å². The van der Waals surface area contributed by atoms with Gasteiger partial charge in [0.2, 0.25) is 0 Å². The molecule has 0 atom stereocenters. The van der Waals surface area contributed by atoms with E-state index in [0.29, 0.717) is 6.54 Å². The molecular formula is C13H12F3N5. The van der Waals surface area contributed by atoms with E-state index in [0.717, 1.165) is 16.8 Å². The Kier molecular flexibility index (Phi) is 3.76. The van der Waals surface area contributed by atoms with Gasteiger partial charge >= 0.3 is 6.18 Å². The number of nitrogen functional groups attached to an aromatic ring is 1. The molecule has 2 rings (SSSR count). The molecule has 0 aliphatic carbocycles. The van der Waals surface area contributed by atoms with Crippen LogP contribution in [-0.2, 0) is 6.18 Å². The summed E-state index contributed by atoms with van der Waals surface area (Å²) >= 11 is 0. The van der Waals surface area contributed by atoms with Crippen LogP contribution in [0.2, 0.25) is 0 Å². The highest BCUT2D eigenvalue weighted by Gasteiger charge is 2.31. The zero-order chi connectivity index (χ0) is 15.6. The quantitative estimate of drug-likeness (QED) is 0.912. The Bertz CT molecular complexity index is 697. The first-order valence-corrected chi connectivity index (χ1v) is 6.08. The van der Waals surface area contributed by atoms with Gasteiger partial charge in [0.25, 0.3) is 0 Å². The van der Waals surface area contributed by atoms with Crippen molar-refractivity contribution in [3.8, 4) is 11.8 Å². The largest absolute Gasteiger partial charge is 0.416 e. The van der Waals surface area contributed by atoms with Crippen molar-refractivity contribution >= 4 is 11.6 Å². The summed E-state index contributed by atoms with van der Waals surface area (Å²) in [5, 5.41) is 16.0. The summed E-state index contributed by atoms with van der Waals surface area (Å²) < 4.78 is 39.3. The molecular weight excluding hydrogens is 283 g/mol. The Balaban J connectivity index is 2.55. The number of nitriles is 1. The molecule has 0 amide bonds. The number of hydrogen-bond donors (Lipinski definition) is 2. The van der Waals surface area contributed by atoms with Gasteiger partial charge in [-0.1, -0.05) is 6.07 Å². The minimum absolute atomic E-state index is 0.00669. The Morgan fingerprint density at radius 2 is 2.14 bits per heavy atom. The number of nitrogens with zero attached hydrogens (tertiary/aromatic N) is 3. The van der Waals surface area contributed by atoms with Crippen molar-refractivity contribution in [3.05, 3.63) is 35.4 Å². The molecule has 0 aliphatic heterocycles. The summed E-state index contributed by atoms with van der Waals surface area (Å²) in [6.45, 7) is 2.31. The van der Waals surface area contributed by atoms with Crippen LogP contribution >= 0.6 is 0 Å². The molecule has 21 heavy (non-hydrogen) atoms. The number of nitrogens with two attached hydrogens (primary N) is 1. The Morgan fingerprint density at radius 3 is 2.71 bits per heavy atom. The normalized spacial score (nSPS) is 11.2. The second-order valence-electron chi connectivity index (χ2n) is 4.21. The zero-order valence-corrected chi connectivity index (χ0v) is 11.1. The van der Waals surface area contributed by atoms with Crippen molar-refractivity contribution in [2.75, 3.05) is 17.6 Å². The van der Waals surface area contributed by atoms with E-state index in [4.69, 9.17) is 11.0 Å². The predicted octanol–water partition coefficient (Wildman–Crippen LogP) is 2.78. The maximum atomic E-state index is 12.7. The number of halogens is 3. The Labute approximate surface area is 118 Å². The number of benzene rings is 1. The SMILES string of the molecule is CCNc1nn(-c2cccc(C(F)(F)F)c2)c(N)c1C#N.